The van der Waals surface area contributed by atoms with E-state index < -0.39 is 5.79 Å². The lowest BCUT2D eigenvalue weighted by atomic mass is 9.84. The molecule has 1 atom stereocenters. The van der Waals surface area contributed by atoms with Crippen LogP contribution >= 0.6 is 0 Å². The zero-order valence-electron chi connectivity index (χ0n) is 14.7. The van der Waals surface area contributed by atoms with E-state index >= 15 is 0 Å². The van der Waals surface area contributed by atoms with Crippen molar-refractivity contribution in [2.24, 2.45) is 0 Å². The Hall–Kier alpha value is -1.43. The van der Waals surface area contributed by atoms with Crippen LogP contribution in [0, 0.1) is 0 Å². The largest absolute Gasteiger partial charge is 0.351 e. The van der Waals surface area contributed by atoms with Crippen LogP contribution in [-0.4, -0.2) is 49.9 Å². The van der Waals surface area contributed by atoms with Gasteiger partial charge in [0.1, 0.15) is 0 Å². The number of hydrogen-bond donors (Lipinski definition) is 1. The lowest BCUT2D eigenvalue weighted by Crippen LogP contribution is -2.62. The summed E-state index contributed by atoms with van der Waals surface area (Å²) in [6.07, 6.45) is 5.62. The van der Waals surface area contributed by atoms with Crippen LogP contribution in [0.15, 0.2) is 24.3 Å². The van der Waals surface area contributed by atoms with Crippen molar-refractivity contribution >= 4 is 5.91 Å². The number of piperidine rings is 1. The van der Waals surface area contributed by atoms with Gasteiger partial charge >= 0.3 is 0 Å². The van der Waals surface area contributed by atoms with Crippen molar-refractivity contribution in [3.05, 3.63) is 35.4 Å². The highest BCUT2D eigenvalue weighted by Gasteiger charge is 2.48. The normalized spacial score (nSPS) is 23.5. The van der Waals surface area contributed by atoms with E-state index in [2.05, 4.69) is 22.3 Å². The van der Waals surface area contributed by atoms with Gasteiger partial charge in [0.15, 0.2) is 5.79 Å². The van der Waals surface area contributed by atoms with Crippen LogP contribution in [0.25, 0.3) is 0 Å². The minimum atomic E-state index is -0.663. The average molecular weight is 332 g/mol. The maximum Gasteiger partial charge on any atom is 0.251 e. The second-order valence-corrected chi connectivity index (χ2v) is 6.82. The SMILES string of the molecule is COC1(OC)CCC1NC(=O)c1ccc(CN2CCCCC2)cc1. The van der Waals surface area contributed by atoms with Crippen molar-refractivity contribution in [1.29, 1.82) is 0 Å². The Balaban J connectivity index is 1.56. The summed E-state index contributed by atoms with van der Waals surface area (Å²) in [5.41, 5.74) is 1.95. The molecular weight excluding hydrogens is 304 g/mol. The number of amides is 1. The Morgan fingerprint density at radius 3 is 2.38 bits per heavy atom. The third kappa shape index (κ3) is 3.63. The first kappa shape index (κ1) is 17.4. The highest BCUT2D eigenvalue weighted by molar-refractivity contribution is 5.94. The molecule has 5 nitrogen and oxygen atoms in total. The lowest BCUT2D eigenvalue weighted by Gasteiger charge is -2.46. The van der Waals surface area contributed by atoms with Gasteiger partial charge in [0.05, 0.1) is 6.04 Å². The minimum Gasteiger partial charge on any atom is -0.351 e. The minimum absolute atomic E-state index is 0.0669. The molecule has 5 heteroatoms. The zero-order valence-corrected chi connectivity index (χ0v) is 14.7. The number of ether oxygens (including phenoxy) is 2. The van der Waals surface area contributed by atoms with Gasteiger partial charge in [0, 0.05) is 32.7 Å². The van der Waals surface area contributed by atoms with Crippen molar-refractivity contribution in [1.82, 2.24) is 10.2 Å². The molecule has 0 bridgehead atoms. The summed E-state index contributed by atoms with van der Waals surface area (Å²) in [4.78, 5) is 14.9. The Bertz CT molecular complexity index is 543. The Morgan fingerprint density at radius 2 is 1.83 bits per heavy atom. The molecule has 132 valence electrons. The van der Waals surface area contributed by atoms with Crippen molar-refractivity contribution in [2.45, 2.75) is 50.5 Å². The first-order valence-electron chi connectivity index (χ1n) is 8.89. The summed E-state index contributed by atoms with van der Waals surface area (Å²) < 4.78 is 10.9. The molecule has 1 saturated heterocycles. The average Bonchev–Trinajstić information content (AvgIpc) is 2.61. The number of benzene rings is 1. The number of carbonyl (C=O) groups is 1. The fourth-order valence-corrected chi connectivity index (χ4v) is 3.66. The molecule has 2 fully saturated rings. The summed E-state index contributed by atoms with van der Waals surface area (Å²) in [6, 6.07) is 7.85. The molecule has 1 heterocycles. The number of likely N-dealkylation sites (tertiary alicyclic amines) is 1. The third-order valence-corrected chi connectivity index (χ3v) is 5.38. The molecule has 1 aliphatic heterocycles. The second-order valence-electron chi connectivity index (χ2n) is 6.82. The fourth-order valence-electron chi connectivity index (χ4n) is 3.66. The standard InChI is InChI=1S/C19H28N2O3/c1-23-19(24-2)11-10-17(19)20-18(22)16-8-6-15(7-9-16)14-21-12-4-3-5-13-21/h6-9,17H,3-5,10-14H2,1-2H3,(H,20,22). The molecule has 1 N–H and O–H groups in total. The molecule has 0 radical (unpaired) electrons. The molecule has 1 aliphatic carbocycles. The summed E-state index contributed by atoms with van der Waals surface area (Å²) in [5.74, 6) is -0.730. The summed E-state index contributed by atoms with van der Waals surface area (Å²) in [5, 5.41) is 3.03. The predicted octanol–water partition coefficient (Wildman–Crippen LogP) is 2.55. The maximum atomic E-state index is 12.4. The van der Waals surface area contributed by atoms with E-state index in [9.17, 15) is 4.79 Å². The molecule has 1 amide bonds. The Morgan fingerprint density at radius 1 is 1.17 bits per heavy atom. The molecular formula is C19H28N2O3. The number of hydrogen-bond acceptors (Lipinski definition) is 4. The van der Waals surface area contributed by atoms with Crippen molar-refractivity contribution in [3.8, 4) is 0 Å². The summed E-state index contributed by atoms with van der Waals surface area (Å²) in [6.45, 7) is 3.33. The lowest BCUT2D eigenvalue weighted by molar-refractivity contribution is -0.265. The van der Waals surface area contributed by atoms with Gasteiger partial charge in [-0.2, -0.15) is 0 Å². The number of nitrogens with zero attached hydrogens (tertiary/aromatic N) is 1. The molecule has 24 heavy (non-hydrogen) atoms. The van der Waals surface area contributed by atoms with Gasteiger partial charge in [0.25, 0.3) is 5.91 Å². The first-order chi connectivity index (χ1) is 11.7. The molecule has 1 saturated carbocycles. The molecule has 3 rings (SSSR count). The molecule has 1 aromatic rings. The zero-order chi connectivity index (χ0) is 17.0. The van der Waals surface area contributed by atoms with Crippen LogP contribution in [0.5, 0.6) is 0 Å². The van der Waals surface area contributed by atoms with Crippen LogP contribution in [0.4, 0.5) is 0 Å². The van der Waals surface area contributed by atoms with Crippen LogP contribution in [0.1, 0.15) is 48.0 Å². The third-order valence-electron chi connectivity index (χ3n) is 5.38. The maximum absolute atomic E-state index is 12.4. The highest BCUT2D eigenvalue weighted by Crippen LogP contribution is 2.36. The van der Waals surface area contributed by atoms with E-state index in [1.807, 2.05) is 12.1 Å². The van der Waals surface area contributed by atoms with E-state index in [1.165, 1.54) is 37.9 Å². The van der Waals surface area contributed by atoms with Crippen molar-refractivity contribution < 1.29 is 14.3 Å². The van der Waals surface area contributed by atoms with Gasteiger partial charge in [0.2, 0.25) is 0 Å². The smallest absolute Gasteiger partial charge is 0.251 e. The van der Waals surface area contributed by atoms with Crippen LogP contribution in [-0.2, 0) is 16.0 Å². The van der Waals surface area contributed by atoms with E-state index in [0.717, 1.165) is 19.4 Å². The van der Waals surface area contributed by atoms with E-state index in [-0.39, 0.29) is 11.9 Å². The van der Waals surface area contributed by atoms with Crippen molar-refractivity contribution in [2.75, 3.05) is 27.3 Å². The first-order valence-corrected chi connectivity index (χ1v) is 8.89. The van der Waals surface area contributed by atoms with Gasteiger partial charge in [-0.3, -0.25) is 9.69 Å². The Kier molecular flexibility index (Phi) is 5.54. The Labute approximate surface area is 144 Å². The quantitative estimate of drug-likeness (QED) is 0.814. The molecule has 2 aliphatic rings. The second kappa shape index (κ2) is 7.64. The number of methoxy groups -OCH3 is 2. The van der Waals surface area contributed by atoms with Crippen LogP contribution in [0.2, 0.25) is 0 Å². The van der Waals surface area contributed by atoms with Gasteiger partial charge in [-0.25, -0.2) is 0 Å². The van der Waals surface area contributed by atoms with Gasteiger partial charge < -0.3 is 14.8 Å². The molecule has 0 aromatic heterocycles. The monoisotopic (exact) mass is 332 g/mol. The van der Waals surface area contributed by atoms with Gasteiger partial charge in [-0.05, 0) is 50.0 Å². The fraction of sp³-hybridized carbons (Fsp3) is 0.632. The van der Waals surface area contributed by atoms with E-state index in [4.69, 9.17) is 9.47 Å². The summed E-state index contributed by atoms with van der Waals surface area (Å²) >= 11 is 0. The topological polar surface area (TPSA) is 50.8 Å². The highest BCUT2D eigenvalue weighted by atomic mass is 16.7. The van der Waals surface area contributed by atoms with Gasteiger partial charge in [-0.15, -0.1) is 0 Å². The number of rotatable bonds is 6. The van der Waals surface area contributed by atoms with Crippen LogP contribution in [0.3, 0.4) is 0 Å². The van der Waals surface area contributed by atoms with Crippen molar-refractivity contribution in [3.63, 3.8) is 0 Å². The van der Waals surface area contributed by atoms with Gasteiger partial charge in [-0.1, -0.05) is 18.6 Å². The van der Waals surface area contributed by atoms with E-state index in [1.54, 1.807) is 14.2 Å². The molecule has 1 unspecified atom stereocenters. The number of carbonyl (C=O) groups excluding carboxylic acids is 1. The molecule has 0 spiro atoms. The summed E-state index contributed by atoms with van der Waals surface area (Å²) in [7, 11) is 3.24. The number of nitrogens with one attached hydrogen (secondary N) is 1. The van der Waals surface area contributed by atoms with Crippen LogP contribution < -0.4 is 5.32 Å². The predicted molar refractivity (Wildman–Crippen MR) is 92.8 cm³/mol. The molecule has 1 aromatic carbocycles. The van der Waals surface area contributed by atoms with E-state index in [0.29, 0.717) is 5.56 Å².